The number of hydrogen-bond donors (Lipinski definition) is 2. The first kappa shape index (κ1) is 15.5. The highest BCUT2D eigenvalue weighted by atomic mass is 16.3. The van der Waals surface area contributed by atoms with E-state index in [1.807, 2.05) is 0 Å². The molecule has 0 aliphatic heterocycles. The molecular weight excluding hydrogens is 246 g/mol. The third-order valence-corrected chi connectivity index (χ3v) is 4.57. The Labute approximate surface area is 123 Å². The van der Waals surface area contributed by atoms with E-state index in [4.69, 9.17) is 0 Å². The van der Waals surface area contributed by atoms with Gasteiger partial charge in [0.1, 0.15) is 0 Å². The van der Waals surface area contributed by atoms with Gasteiger partial charge in [0, 0.05) is 19.2 Å². The number of aliphatic hydroxyl groups is 1. The van der Waals surface area contributed by atoms with Gasteiger partial charge in [-0.1, -0.05) is 45.0 Å². The van der Waals surface area contributed by atoms with E-state index in [1.165, 1.54) is 30.4 Å². The zero-order valence-corrected chi connectivity index (χ0v) is 13.2. The van der Waals surface area contributed by atoms with Crippen molar-refractivity contribution < 1.29 is 5.11 Å². The van der Waals surface area contributed by atoms with E-state index in [1.54, 1.807) is 0 Å². The lowest BCUT2D eigenvalue weighted by atomic mass is 9.81. The fourth-order valence-electron chi connectivity index (χ4n) is 3.32. The number of fused-ring (bicyclic) bond motifs is 1. The maximum absolute atomic E-state index is 9.25. The third-order valence-electron chi connectivity index (χ3n) is 4.57. The van der Waals surface area contributed by atoms with Crippen LogP contribution >= 0.6 is 0 Å². The Morgan fingerprint density at radius 3 is 2.75 bits per heavy atom. The molecule has 1 aliphatic carbocycles. The third kappa shape index (κ3) is 3.83. The summed E-state index contributed by atoms with van der Waals surface area (Å²) >= 11 is 0. The van der Waals surface area contributed by atoms with E-state index >= 15 is 0 Å². The second-order valence-electron chi connectivity index (χ2n) is 7.13. The summed E-state index contributed by atoms with van der Waals surface area (Å²) in [6, 6.07) is 9.25. The van der Waals surface area contributed by atoms with Gasteiger partial charge in [-0.05, 0) is 48.1 Å². The molecule has 1 aromatic rings. The fraction of sp³-hybridized carbons (Fsp3) is 0.667. The summed E-state index contributed by atoms with van der Waals surface area (Å²) in [5.41, 5.74) is 3.25. The summed E-state index contributed by atoms with van der Waals surface area (Å²) < 4.78 is 0. The summed E-state index contributed by atoms with van der Waals surface area (Å²) in [4.78, 5) is 0. The van der Waals surface area contributed by atoms with Gasteiger partial charge in [0.15, 0.2) is 0 Å². The van der Waals surface area contributed by atoms with Crippen LogP contribution in [0.4, 0.5) is 0 Å². The Bertz CT molecular complexity index is 422. The molecular formula is C18H29NO. The van der Waals surface area contributed by atoms with Gasteiger partial charge in [-0.25, -0.2) is 0 Å². The molecule has 2 nitrogen and oxygen atoms in total. The van der Waals surface area contributed by atoms with Crippen LogP contribution in [0, 0.1) is 5.41 Å². The first-order chi connectivity index (χ1) is 9.52. The van der Waals surface area contributed by atoms with Crippen LogP contribution in [-0.2, 0) is 6.42 Å². The molecule has 1 aliphatic rings. The summed E-state index contributed by atoms with van der Waals surface area (Å²) in [6.45, 7) is 8.02. The maximum Gasteiger partial charge on any atom is 0.0446 e. The largest absolute Gasteiger partial charge is 0.396 e. The fourth-order valence-corrected chi connectivity index (χ4v) is 3.32. The molecule has 0 fully saturated rings. The maximum atomic E-state index is 9.25. The van der Waals surface area contributed by atoms with Crippen molar-refractivity contribution >= 4 is 0 Å². The molecule has 0 spiro atoms. The lowest BCUT2D eigenvalue weighted by Crippen LogP contribution is -2.43. The molecule has 0 saturated heterocycles. The molecule has 0 amide bonds. The van der Waals surface area contributed by atoms with Crippen LogP contribution in [0.15, 0.2) is 24.3 Å². The molecule has 20 heavy (non-hydrogen) atoms. The molecule has 2 heteroatoms. The molecule has 2 atom stereocenters. The van der Waals surface area contributed by atoms with Gasteiger partial charge >= 0.3 is 0 Å². The molecule has 0 saturated carbocycles. The van der Waals surface area contributed by atoms with Gasteiger partial charge < -0.3 is 10.4 Å². The summed E-state index contributed by atoms with van der Waals surface area (Å²) in [5.74, 6) is 0.628. The molecule has 1 aromatic carbocycles. The second-order valence-corrected chi connectivity index (χ2v) is 7.13. The quantitative estimate of drug-likeness (QED) is 0.862. The van der Waals surface area contributed by atoms with Crippen molar-refractivity contribution in [2.75, 3.05) is 13.2 Å². The predicted octanol–water partition coefficient (Wildman–Crippen LogP) is 3.49. The van der Waals surface area contributed by atoms with Crippen LogP contribution in [0.25, 0.3) is 0 Å². The van der Waals surface area contributed by atoms with E-state index in [2.05, 4.69) is 50.4 Å². The molecule has 0 aromatic heterocycles. The summed E-state index contributed by atoms with van der Waals surface area (Å²) in [5, 5.41) is 13.0. The number of hydrogen-bond acceptors (Lipinski definition) is 2. The molecule has 2 unspecified atom stereocenters. The summed E-state index contributed by atoms with van der Waals surface area (Å²) in [6.07, 6.45) is 4.63. The van der Waals surface area contributed by atoms with Gasteiger partial charge in [-0.15, -0.1) is 0 Å². The van der Waals surface area contributed by atoms with E-state index < -0.39 is 0 Å². The average molecular weight is 275 g/mol. The minimum atomic E-state index is 0.191. The van der Waals surface area contributed by atoms with E-state index in [0.717, 1.165) is 13.0 Å². The first-order valence-corrected chi connectivity index (χ1v) is 7.94. The van der Waals surface area contributed by atoms with E-state index in [9.17, 15) is 5.11 Å². The average Bonchev–Trinajstić information content (AvgIpc) is 2.42. The normalized spacial score (nSPS) is 20.5. The lowest BCUT2D eigenvalue weighted by molar-refractivity contribution is 0.195. The van der Waals surface area contributed by atoms with Crippen LogP contribution in [0.2, 0.25) is 0 Å². The Balaban J connectivity index is 2.00. The number of aryl methyl sites for hydroxylation is 1. The van der Waals surface area contributed by atoms with Crippen molar-refractivity contribution in [3.63, 3.8) is 0 Å². The minimum absolute atomic E-state index is 0.191. The topological polar surface area (TPSA) is 32.3 Å². The first-order valence-electron chi connectivity index (χ1n) is 7.94. The molecule has 2 rings (SSSR count). The van der Waals surface area contributed by atoms with Crippen molar-refractivity contribution in [1.29, 1.82) is 0 Å². The van der Waals surface area contributed by atoms with Crippen LogP contribution in [-0.4, -0.2) is 24.3 Å². The molecule has 2 N–H and O–H groups in total. The Morgan fingerprint density at radius 1 is 1.30 bits per heavy atom. The van der Waals surface area contributed by atoms with Crippen LogP contribution in [0.3, 0.4) is 0 Å². The number of nitrogens with one attached hydrogen (secondary N) is 1. The van der Waals surface area contributed by atoms with Crippen molar-refractivity contribution in [2.45, 2.75) is 58.4 Å². The zero-order valence-electron chi connectivity index (χ0n) is 13.2. The smallest absolute Gasteiger partial charge is 0.0446 e. The summed E-state index contributed by atoms with van der Waals surface area (Å²) in [7, 11) is 0. The van der Waals surface area contributed by atoms with Crippen molar-refractivity contribution in [2.24, 2.45) is 5.41 Å². The van der Waals surface area contributed by atoms with Crippen LogP contribution in [0.1, 0.15) is 57.1 Å². The highest BCUT2D eigenvalue weighted by Gasteiger charge is 2.26. The SMILES string of the molecule is CC(C)(C)C(CCO)NCC1CCCc2ccccc21. The second kappa shape index (κ2) is 6.73. The monoisotopic (exact) mass is 275 g/mol. The Hall–Kier alpha value is -0.860. The number of benzene rings is 1. The van der Waals surface area contributed by atoms with Crippen molar-refractivity contribution in [3.8, 4) is 0 Å². The van der Waals surface area contributed by atoms with Crippen molar-refractivity contribution in [3.05, 3.63) is 35.4 Å². The Kier molecular flexibility index (Phi) is 5.22. The molecule has 0 heterocycles. The standard InChI is InChI=1S/C18H29NO/c1-18(2,3)17(11-12-20)19-13-15-9-6-8-14-7-4-5-10-16(14)15/h4-5,7,10,15,17,19-20H,6,8-9,11-13H2,1-3H3. The van der Waals surface area contributed by atoms with Crippen molar-refractivity contribution in [1.82, 2.24) is 5.32 Å². The van der Waals surface area contributed by atoms with Gasteiger partial charge in [0.2, 0.25) is 0 Å². The minimum Gasteiger partial charge on any atom is -0.396 e. The highest BCUT2D eigenvalue weighted by Crippen LogP contribution is 2.31. The highest BCUT2D eigenvalue weighted by molar-refractivity contribution is 5.32. The zero-order chi connectivity index (χ0) is 14.6. The van der Waals surface area contributed by atoms with Gasteiger partial charge in [0.25, 0.3) is 0 Å². The molecule has 112 valence electrons. The number of aliphatic hydroxyl groups excluding tert-OH is 1. The van der Waals surface area contributed by atoms with Gasteiger partial charge in [0.05, 0.1) is 0 Å². The predicted molar refractivity (Wildman–Crippen MR) is 85.1 cm³/mol. The van der Waals surface area contributed by atoms with Crippen LogP contribution < -0.4 is 5.32 Å². The van der Waals surface area contributed by atoms with Gasteiger partial charge in [-0.2, -0.15) is 0 Å². The van der Waals surface area contributed by atoms with Crippen LogP contribution in [0.5, 0.6) is 0 Å². The molecule has 0 radical (unpaired) electrons. The number of rotatable bonds is 5. The Morgan fingerprint density at radius 2 is 2.05 bits per heavy atom. The lowest BCUT2D eigenvalue weighted by Gasteiger charge is -2.34. The van der Waals surface area contributed by atoms with Gasteiger partial charge in [-0.3, -0.25) is 0 Å². The van der Waals surface area contributed by atoms with E-state index in [0.29, 0.717) is 12.0 Å². The molecule has 0 bridgehead atoms. The van der Waals surface area contributed by atoms with E-state index in [-0.39, 0.29) is 12.0 Å².